The van der Waals surface area contributed by atoms with E-state index in [9.17, 15) is 9.59 Å². The van der Waals surface area contributed by atoms with Gasteiger partial charge in [-0.25, -0.2) is 9.97 Å². The highest BCUT2D eigenvalue weighted by molar-refractivity contribution is 7.22. The van der Waals surface area contributed by atoms with Crippen molar-refractivity contribution >= 4 is 55.0 Å². The van der Waals surface area contributed by atoms with E-state index in [0.29, 0.717) is 16.7 Å². The maximum Gasteiger partial charge on any atom is 0.293 e. The summed E-state index contributed by atoms with van der Waals surface area (Å²) in [5.41, 5.74) is 1.61. The number of anilines is 2. The number of rotatable bonds is 6. The number of amides is 2. The second kappa shape index (κ2) is 7.68. The molecule has 3 aromatic heterocycles. The predicted molar refractivity (Wildman–Crippen MR) is 105 cm³/mol. The van der Waals surface area contributed by atoms with E-state index < -0.39 is 0 Å². The van der Waals surface area contributed by atoms with Crippen molar-refractivity contribution in [3.8, 4) is 0 Å². The molecule has 7 nitrogen and oxygen atoms in total. The Morgan fingerprint density at radius 1 is 1.04 bits per heavy atom. The lowest BCUT2D eigenvalue weighted by Gasteiger charge is -2.00. The lowest BCUT2D eigenvalue weighted by molar-refractivity contribution is -0.116. The minimum absolute atomic E-state index is 0.122. The van der Waals surface area contributed by atoms with Crippen LogP contribution >= 0.6 is 22.7 Å². The molecule has 2 amide bonds. The van der Waals surface area contributed by atoms with Crippen molar-refractivity contribution in [2.24, 2.45) is 0 Å². The molecule has 0 aliphatic rings. The van der Waals surface area contributed by atoms with Crippen molar-refractivity contribution in [1.82, 2.24) is 9.97 Å². The van der Waals surface area contributed by atoms with Crippen LogP contribution in [0.3, 0.4) is 0 Å². The Labute approximate surface area is 162 Å². The summed E-state index contributed by atoms with van der Waals surface area (Å²) in [6.45, 7) is 0. The molecule has 4 aromatic rings. The van der Waals surface area contributed by atoms with E-state index in [-0.39, 0.29) is 24.0 Å². The smallest absolute Gasteiger partial charge is 0.293 e. The van der Waals surface area contributed by atoms with Crippen LogP contribution in [0.15, 0.2) is 52.5 Å². The molecule has 0 aliphatic heterocycles. The van der Waals surface area contributed by atoms with Crippen LogP contribution in [-0.2, 0) is 11.2 Å². The molecule has 27 heavy (non-hydrogen) atoms. The van der Waals surface area contributed by atoms with Crippen molar-refractivity contribution in [2.45, 2.75) is 12.8 Å². The second-order valence-electron chi connectivity index (χ2n) is 5.61. The number of benzene rings is 1. The monoisotopic (exact) mass is 398 g/mol. The first kappa shape index (κ1) is 17.4. The normalized spacial score (nSPS) is 10.8. The Kier molecular flexibility index (Phi) is 4.95. The minimum atomic E-state index is -0.352. The zero-order chi connectivity index (χ0) is 18.6. The van der Waals surface area contributed by atoms with Gasteiger partial charge in [-0.1, -0.05) is 23.5 Å². The summed E-state index contributed by atoms with van der Waals surface area (Å²) in [5.74, 6) is -0.250. The fourth-order valence-electron chi connectivity index (χ4n) is 2.39. The van der Waals surface area contributed by atoms with Crippen molar-refractivity contribution in [1.29, 1.82) is 0 Å². The third-order valence-corrected chi connectivity index (χ3v) is 5.42. The summed E-state index contributed by atoms with van der Waals surface area (Å²) in [6, 6.07) is 11.0. The van der Waals surface area contributed by atoms with E-state index in [1.165, 1.54) is 28.9 Å². The summed E-state index contributed by atoms with van der Waals surface area (Å²) < 4.78 is 6.07. The van der Waals surface area contributed by atoms with Gasteiger partial charge >= 0.3 is 0 Å². The van der Waals surface area contributed by atoms with Crippen LogP contribution in [0.1, 0.15) is 22.7 Å². The van der Waals surface area contributed by atoms with Crippen molar-refractivity contribution < 1.29 is 14.0 Å². The molecule has 0 saturated heterocycles. The molecule has 0 spiro atoms. The number of aromatic nitrogens is 2. The van der Waals surface area contributed by atoms with Gasteiger partial charge in [0, 0.05) is 11.8 Å². The molecule has 1 aromatic carbocycles. The number of hydrogen-bond acceptors (Lipinski definition) is 7. The van der Waals surface area contributed by atoms with Gasteiger partial charge in [-0.3, -0.25) is 14.9 Å². The number of fused-ring (bicyclic) bond motifs is 1. The fourth-order valence-corrected chi connectivity index (χ4v) is 4.02. The van der Waals surface area contributed by atoms with Crippen LogP contribution in [0.25, 0.3) is 10.2 Å². The van der Waals surface area contributed by atoms with Crippen LogP contribution in [0.4, 0.5) is 10.3 Å². The Morgan fingerprint density at radius 3 is 2.74 bits per heavy atom. The summed E-state index contributed by atoms with van der Waals surface area (Å²) >= 11 is 2.75. The third-order valence-electron chi connectivity index (χ3n) is 3.67. The van der Waals surface area contributed by atoms with Gasteiger partial charge in [-0.2, -0.15) is 0 Å². The number of thiazole rings is 2. The molecule has 0 radical (unpaired) electrons. The number of carbonyl (C=O) groups excluding carboxylic acids is 2. The minimum Gasteiger partial charge on any atom is -0.459 e. The van der Waals surface area contributed by atoms with Gasteiger partial charge in [0.25, 0.3) is 5.91 Å². The van der Waals surface area contributed by atoms with E-state index in [1.54, 1.807) is 12.1 Å². The molecule has 0 bridgehead atoms. The van der Waals surface area contributed by atoms with Gasteiger partial charge in [0.15, 0.2) is 16.0 Å². The van der Waals surface area contributed by atoms with E-state index in [1.807, 2.05) is 29.6 Å². The SMILES string of the molecule is O=C(CCc1csc(NC(=O)c2ccco2)n1)Nc1nc2ccccc2s1. The number of nitrogens with zero attached hydrogens (tertiary/aromatic N) is 2. The van der Waals surface area contributed by atoms with E-state index in [0.717, 1.165) is 15.9 Å². The van der Waals surface area contributed by atoms with Crippen LogP contribution in [-0.4, -0.2) is 21.8 Å². The predicted octanol–water partition coefficient (Wildman–Crippen LogP) is 4.17. The Morgan fingerprint density at radius 2 is 1.93 bits per heavy atom. The first-order chi connectivity index (χ1) is 13.2. The van der Waals surface area contributed by atoms with Crippen molar-refractivity contribution in [2.75, 3.05) is 10.6 Å². The molecule has 0 unspecified atom stereocenters. The Balaban J connectivity index is 1.30. The van der Waals surface area contributed by atoms with Gasteiger partial charge < -0.3 is 9.73 Å². The number of para-hydroxylation sites is 1. The fraction of sp³-hybridized carbons (Fsp3) is 0.111. The zero-order valence-electron chi connectivity index (χ0n) is 14.0. The highest BCUT2D eigenvalue weighted by atomic mass is 32.1. The molecule has 0 fully saturated rings. The van der Waals surface area contributed by atoms with E-state index in [4.69, 9.17) is 4.42 Å². The standard InChI is InChI=1S/C18H14N4O3S2/c23-15(21-18-20-12-4-1-2-6-14(12)27-18)8-7-11-10-26-17(19-11)22-16(24)13-5-3-9-25-13/h1-6,9-10H,7-8H2,(H,19,22,24)(H,20,21,23). The van der Waals surface area contributed by atoms with Gasteiger partial charge in [0.05, 0.1) is 22.2 Å². The molecule has 136 valence electrons. The molecule has 0 saturated carbocycles. The first-order valence-corrected chi connectivity index (χ1v) is 9.82. The zero-order valence-corrected chi connectivity index (χ0v) is 15.6. The van der Waals surface area contributed by atoms with E-state index in [2.05, 4.69) is 20.6 Å². The number of nitrogens with one attached hydrogen (secondary N) is 2. The molecule has 0 atom stereocenters. The molecule has 9 heteroatoms. The van der Waals surface area contributed by atoms with Gasteiger partial charge in [-0.15, -0.1) is 11.3 Å². The highest BCUT2D eigenvalue weighted by Crippen LogP contribution is 2.25. The van der Waals surface area contributed by atoms with Gasteiger partial charge in [0.2, 0.25) is 5.91 Å². The maximum atomic E-state index is 12.2. The first-order valence-electron chi connectivity index (χ1n) is 8.12. The lowest BCUT2D eigenvalue weighted by Crippen LogP contribution is -2.12. The van der Waals surface area contributed by atoms with E-state index >= 15 is 0 Å². The number of hydrogen-bond donors (Lipinski definition) is 2. The van der Waals surface area contributed by atoms with Gasteiger partial charge in [0.1, 0.15) is 0 Å². The van der Waals surface area contributed by atoms with Crippen molar-refractivity contribution in [3.63, 3.8) is 0 Å². The van der Waals surface area contributed by atoms with Crippen LogP contribution in [0.2, 0.25) is 0 Å². The number of aryl methyl sites for hydroxylation is 1. The molecule has 0 aliphatic carbocycles. The van der Waals surface area contributed by atoms with Crippen LogP contribution < -0.4 is 10.6 Å². The number of carbonyl (C=O) groups is 2. The lowest BCUT2D eigenvalue weighted by atomic mass is 10.2. The van der Waals surface area contributed by atoms with Crippen LogP contribution in [0, 0.1) is 0 Å². The molecular formula is C18H14N4O3S2. The number of furan rings is 1. The molecule has 3 heterocycles. The van der Waals surface area contributed by atoms with Crippen molar-refractivity contribution in [3.05, 3.63) is 59.5 Å². The quantitative estimate of drug-likeness (QED) is 0.508. The third kappa shape index (κ3) is 4.21. The average Bonchev–Trinajstić information content (AvgIpc) is 3.40. The summed E-state index contributed by atoms with van der Waals surface area (Å²) in [6.07, 6.45) is 2.20. The highest BCUT2D eigenvalue weighted by Gasteiger charge is 2.12. The largest absolute Gasteiger partial charge is 0.459 e. The second-order valence-corrected chi connectivity index (χ2v) is 7.50. The Hall–Kier alpha value is -3.04. The maximum absolute atomic E-state index is 12.2. The summed E-state index contributed by atoms with van der Waals surface area (Å²) in [7, 11) is 0. The molecular weight excluding hydrogens is 384 g/mol. The van der Waals surface area contributed by atoms with Crippen LogP contribution in [0.5, 0.6) is 0 Å². The summed E-state index contributed by atoms with van der Waals surface area (Å²) in [4.78, 5) is 32.8. The topological polar surface area (TPSA) is 97.1 Å². The van der Waals surface area contributed by atoms with Gasteiger partial charge in [-0.05, 0) is 30.7 Å². The molecule has 2 N–H and O–H groups in total. The Bertz CT molecular complexity index is 1050. The molecule has 4 rings (SSSR count). The average molecular weight is 398 g/mol. The summed E-state index contributed by atoms with van der Waals surface area (Å²) in [5, 5.41) is 8.38.